The summed E-state index contributed by atoms with van der Waals surface area (Å²) in [7, 11) is 2.87. The van der Waals surface area contributed by atoms with Gasteiger partial charge in [-0.1, -0.05) is 0 Å². The van der Waals surface area contributed by atoms with Crippen molar-refractivity contribution in [2.75, 3.05) is 26.3 Å². The van der Waals surface area contributed by atoms with Gasteiger partial charge in [-0.3, -0.25) is 4.79 Å². The summed E-state index contributed by atoms with van der Waals surface area (Å²) in [6.45, 7) is 0.0260. The van der Waals surface area contributed by atoms with Crippen molar-refractivity contribution in [2.45, 2.75) is 6.18 Å². The Labute approximate surface area is 196 Å². The summed E-state index contributed by atoms with van der Waals surface area (Å²) in [6.07, 6.45) is -4.76. The fraction of sp³-hybridized carbons (Fsp3) is 0.174. The van der Waals surface area contributed by atoms with E-state index in [0.29, 0.717) is 33.1 Å². The summed E-state index contributed by atoms with van der Waals surface area (Å²) in [6, 6.07) is 11.5. The second-order valence-electron chi connectivity index (χ2n) is 7.41. The van der Waals surface area contributed by atoms with Gasteiger partial charge in [0.15, 0.2) is 28.5 Å². The highest BCUT2D eigenvalue weighted by Crippen LogP contribution is 2.37. The number of carbonyl (C=O) groups is 1. The third-order valence-corrected chi connectivity index (χ3v) is 5.27. The quantitative estimate of drug-likeness (QED) is 0.446. The van der Waals surface area contributed by atoms with Crippen LogP contribution in [0.3, 0.4) is 0 Å². The SMILES string of the molecule is COc1ccc(OC)c(NC(=O)c2cc3nc(-c4ccc5c(c4)OCO5)cc(C(F)(F)F)n3n2)c1. The van der Waals surface area contributed by atoms with Gasteiger partial charge in [0.05, 0.1) is 25.6 Å². The Bertz CT molecular complexity index is 1450. The van der Waals surface area contributed by atoms with Crippen LogP contribution in [-0.4, -0.2) is 41.5 Å². The molecule has 9 nitrogen and oxygen atoms in total. The molecule has 0 bridgehead atoms. The number of anilines is 1. The van der Waals surface area contributed by atoms with E-state index in [1.807, 2.05) is 0 Å². The van der Waals surface area contributed by atoms with Gasteiger partial charge in [0.25, 0.3) is 5.91 Å². The Balaban J connectivity index is 1.56. The molecular formula is C23H17F3N4O5. The number of methoxy groups -OCH3 is 2. The van der Waals surface area contributed by atoms with Crippen molar-refractivity contribution in [1.29, 1.82) is 0 Å². The van der Waals surface area contributed by atoms with Crippen LogP contribution in [0.15, 0.2) is 48.5 Å². The number of halogens is 3. The van der Waals surface area contributed by atoms with Crippen molar-refractivity contribution in [3.8, 4) is 34.3 Å². The van der Waals surface area contributed by atoms with Crippen LogP contribution in [-0.2, 0) is 6.18 Å². The van der Waals surface area contributed by atoms with Crippen LogP contribution in [0.4, 0.5) is 18.9 Å². The van der Waals surface area contributed by atoms with E-state index in [4.69, 9.17) is 18.9 Å². The van der Waals surface area contributed by atoms with Gasteiger partial charge in [-0.2, -0.15) is 18.3 Å². The van der Waals surface area contributed by atoms with Crippen LogP contribution >= 0.6 is 0 Å². The lowest BCUT2D eigenvalue weighted by Gasteiger charge is -2.11. The molecule has 3 heterocycles. The maximum Gasteiger partial charge on any atom is 0.433 e. The molecule has 1 amide bonds. The summed E-state index contributed by atoms with van der Waals surface area (Å²) >= 11 is 0. The van der Waals surface area contributed by atoms with Crippen LogP contribution in [0.1, 0.15) is 16.2 Å². The molecule has 12 heteroatoms. The summed E-state index contributed by atoms with van der Waals surface area (Å²) in [5, 5.41) is 6.46. The number of nitrogens with one attached hydrogen (secondary N) is 1. The van der Waals surface area contributed by atoms with Gasteiger partial charge in [-0.05, 0) is 36.4 Å². The van der Waals surface area contributed by atoms with E-state index in [2.05, 4.69) is 15.4 Å². The molecule has 35 heavy (non-hydrogen) atoms. The van der Waals surface area contributed by atoms with Gasteiger partial charge in [-0.25, -0.2) is 9.50 Å². The Morgan fingerprint density at radius 3 is 2.57 bits per heavy atom. The topological polar surface area (TPSA) is 96.2 Å². The van der Waals surface area contributed by atoms with Crippen molar-refractivity contribution in [1.82, 2.24) is 14.6 Å². The smallest absolute Gasteiger partial charge is 0.433 e. The average Bonchev–Trinajstić information content (AvgIpc) is 3.49. The standard InChI is InChI=1S/C23H17F3N4O5/c1-32-13-4-6-17(33-2)15(8-13)28-22(31)16-10-21-27-14(9-20(23(24,25)26)30(21)29-16)12-3-5-18-19(7-12)35-11-34-18/h3-10H,11H2,1-2H3,(H,28,31). The van der Waals surface area contributed by atoms with Gasteiger partial charge >= 0.3 is 6.18 Å². The summed E-state index contributed by atoms with van der Waals surface area (Å²) in [5.74, 6) is 0.924. The number of ether oxygens (including phenoxy) is 4. The van der Waals surface area contributed by atoms with E-state index in [0.717, 1.165) is 6.07 Å². The molecule has 0 spiro atoms. The normalized spacial score (nSPS) is 12.6. The first-order valence-corrected chi connectivity index (χ1v) is 10.2. The lowest BCUT2D eigenvalue weighted by molar-refractivity contribution is -0.142. The monoisotopic (exact) mass is 486 g/mol. The maximum atomic E-state index is 13.9. The van der Waals surface area contributed by atoms with Crippen molar-refractivity contribution >= 4 is 17.2 Å². The van der Waals surface area contributed by atoms with Crippen LogP contribution in [0, 0.1) is 0 Å². The third kappa shape index (κ3) is 4.14. The molecular weight excluding hydrogens is 469 g/mol. The molecule has 0 fully saturated rings. The Kier molecular flexibility index (Phi) is 5.35. The molecule has 180 valence electrons. The molecule has 2 aromatic heterocycles. The van der Waals surface area contributed by atoms with Gasteiger partial charge in [0.2, 0.25) is 6.79 Å². The van der Waals surface area contributed by atoms with Crippen LogP contribution in [0.5, 0.6) is 23.0 Å². The van der Waals surface area contributed by atoms with Crippen LogP contribution in [0.2, 0.25) is 0 Å². The first-order valence-electron chi connectivity index (χ1n) is 10.2. The zero-order chi connectivity index (χ0) is 24.7. The number of aromatic nitrogens is 3. The molecule has 0 saturated carbocycles. The first-order chi connectivity index (χ1) is 16.8. The van der Waals surface area contributed by atoms with Gasteiger partial charge in [0.1, 0.15) is 11.5 Å². The largest absolute Gasteiger partial charge is 0.497 e. The lowest BCUT2D eigenvalue weighted by Crippen LogP contribution is -2.16. The molecule has 1 N–H and O–H groups in total. The number of fused-ring (bicyclic) bond motifs is 2. The minimum Gasteiger partial charge on any atom is -0.497 e. The molecule has 5 rings (SSSR count). The summed E-state index contributed by atoms with van der Waals surface area (Å²) in [5.41, 5.74) is -0.835. The summed E-state index contributed by atoms with van der Waals surface area (Å²) < 4.78 is 63.2. The highest BCUT2D eigenvalue weighted by Gasteiger charge is 2.36. The van der Waals surface area contributed by atoms with Crippen molar-refractivity contribution in [2.24, 2.45) is 0 Å². The predicted molar refractivity (Wildman–Crippen MR) is 117 cm³/mol. The minimum absolute atomic E-state index is 0.0260. The second kappa shape index (κ2) is 8.38. The van der Waals surface area contributed by atoms with Gasteiger partial charge in [0, 0.05) is 17.7 Å². The third-order valence-electron chi connectivity index (χ3n) is 5.27. The number of benzene rings is 2. The van der Waals surface area contributed by atoms with Crippen molar-refractivity contribution < 1.29 is 36.9 Å². The zero-order valence-electron chi connectivity index (χ0n) is 18.3. The minimum atomic E-state index is -4.76. The maximum absolute atomic E-state index is 13.9. The average molecular weight is 486 g/mol. The number of rotatable bonds is 5. The predicted octanol–water partition coefficient (Wildman–Crippen LogP) is 4.41. The Morgan fingerprint density at radius 2 is 1.83 bits per heavy atom. The molecule has 0 radical (unpaired) electrons. The molecule has 4 aromatic rings. The highest BCUT2D eigenvalue weighted by molar-refractivity contribution is 6.04. The van der Waals surface area contributed by atoms with Crippen molar-refractivity contribution in [3.05, 3.63) is 59.9 Å². The number of hydrogen-bond donors (Lipinski definition) is 1. The van der Waals surface area contributed by atoms with E-state index in [1.165, 1.54) is 26.4 Å². The second-order valence-corrected chi connectivity index (χ2v) is 7.41. The molecule has 1 aliphatic rings. The molecule has 2 aromatic carbocycles. The zero-order valence-corrected chi connectivity index (χ0v) is 18.3. The van der Waals surface area contributed by atoms with E-state index >= 15 is 0 Å². The number of nitrogens with zero attached hydrogens (tertiary/aromatic N) is 3. The Hall–Kier alpha value is -4.48. The number of amides is 1. The number of carbonyl (C=O) groups excluding carboxylic acids is 1. The first kappa shape index (κ1) is 22.3. The lowest BCUT2D eigenvalue weighted by atomic mass is 10.1. The molecule has 0 saturated heterocycles. The van der Waals surface area contributed by atoms with Gasteiger partial charge < -0.3 is 24.3 Å². The number of hydrogen-bond acceptors (Lipinski definition) is 7. The fourth-order valence-corrected chi connectivity index (χ4v) is 3.59. The molecule has 1 aliphatic heterocycles. The van der Waals surface area contributed by atoms with Crippen LogP contribution in [0.25, 0.3) is 16.9 Å². The van der Waals surface area contributed by atoms with E-state index < -0.39 is 17.8 Å². The van der Waals surface area contributed by atoms with E-state index in [9.17, 15) is 18.0 Å². The molecule has 0 atom stereocenters. The van der Waals surface area contributed by atoms with Gasteiger partial charge in [-0.15, -0.1) is 0 Å². The molecule has 0 aliphatic carbocycles. The number of alkyl halides is 3. The summed E-state index contributed by atoms with van der Waals surface area (Å²) in [4.78, 5) is 17.2. The highest BCUT2D eigenvalue weighted by atomic mass is 19.4. The van der Waals surface area contributed by atoms with Crippen molar-refractivity contribution in [3.63, 3.8) is 0 Å². The van der Waals surface area contributed by atoms with E-state index in [1.54, 1.807) is 30.3 Å². The van der Waals surface area contributed by atoms with E-state index in [-0.39, 0.29) is 29.5 Å². The Morgan fingerprint density at radius 1 is 1.03 bits per heavy atom. The molecule has 0 unspecified atom stereocenters. The fourth-order valence-electron chi connectivity index (χ4n) is 3.59. The van der Waals surface area contributed by atoms with Crippen LogP contribution < -0.4 is 24.3 Å².